The van der Waals surface area contributed by atoms with E-state index in [9.17, 15) is 0 Å². The summed E-state index contributed by atoms with van der Waals surface area (Å²) in [6.45, 7) is 11.2. The Bertz CT molecular complexity index is 2170. The molecule has 0 spiro atoms. The molecule has 0 saturated carbocycles. The standard InChI is InChI=1S/C24H23N.C19H12N.Ir/c1-23(2,3)18-12-17(14-25-15-18)16-10-11-22-20(13-16)19-8-6-7-9-21(19)24(22,4)5;1-2-6-17-14(5-1)8-9-15-13-16(10-11-18(15)17)19-7-3-4-12-20-19;/h6-9,11-13,15H,1-5H3;1-9,11-13H;/q-2;-1;+3. The number of nitrogens with zero attached hydrogens (tertiary/aromatic N) is 2. The number of pyridine rings is 2. The van der Waals surface area contributed by atoms with Crippen molar-refractivity contribution in [2.45, 2.75) is 45.4 Å². The topological polar surface area (TPSA) is 25.8 Å². The number of hydrogen-bond donors (Lipinski definition) is 0. The van der Waals surface area contributed by atoms with Gasteiger partial charge in [-0.2, -0.15) is 24.3 Å². The van der Waals surface area contributed by atoms with Crippen molar-refractivity contribution >= 4 is 21.5 Å². The molecule has 0 unspecified atom stereocenters. The summed E-state index contributed by atoms with van der Waals surface area (Å²) in [6.07, 6.45) is 6.88. The summed E-state index contributed by atoms with van der Waals surface area (Å²) in [5.74, 6) is 0. The molecule has 0 N–H and O–H groups in total. The van der Waals surface area contributed by atoms with Gasteiger partial charge in [0.15, 0.2) is 0 Å². The van der Waals surface area contributed by atoms with Crippen LogP contribution in [-0.4, -0.2) is 9.97 Å². The summed E-state index contributed by atoms with van der Waals surface area (Å²) in [4.78, 5) is 8.74. The zero-order chi connectivity index (χ0) is 31.2. The monoisotopic (exact) mass is 772 g/mol. The molecule has 3 heteroatoms. The molecule has 0 bridgehead atoms. The van der Waals surface area contributed by atoms with Gasteiger partial charge in [-0.05, 0) is 39.1 Å². The molecule has 0 aliphatic heterocycles. The van der Waals surface area contributed by atoms with Gasteiger partial charge < -0.3 is 9.97 Å². The maximum Gasteiger partial charge on any atom is 3.00 e. The van der Waals surface area contributed by atoms with E-state index in [0.29, 0.717) is 0 Å². The first-order chi connectivity index (χ1) is 21.7. The van der Waals surface area contributed by atoms with Crippen molar-refractivity contribution in [2.75, 3.05) is 0 Å². The SMILES string of the molecule is CC(C)(C)c1cn[c-]c(-c2[c-]cc3c(c2)-c2ccccc2C3(C)C)c1.[Ir+3].[c-]1cc2c(ccc3ccccc32)cc1-c1ccccn1. The average Bonchev–Trinajstić information content (AvgIpc) is 3.30. The van der Waals surface area contributed by atoms with E-state index in [2.05, 4.69) is 154 Å². The van der Waals surface area contributed by atoms with E-state index in [4.69, 9.17) is 0 Å². The van der Waals surface area contributed by atoms with Gasteiger partial charge in [0.2, 0.25) is 0 Å². The molecule has 7 aromatic rings. The van der Waals surface area contributed by atoms with Crippen molar-refractivity contribution in [1.29, 1.82) is 0 Å². The fourth-order valence-electron chi connectivity index (χ4n) is 6.36. The van der Waals surface area contributed by atoms with Crippen LogP contribution in [0.25, 0.3) is 55.1 Å². The van der Waals surface area contributed by atoms with Gasteiger partial charge in [0.25, 0.3) is 0 Å². The van der Waals surface area contributed by atoms with Crippen molar-refractivity contribution in [2.24, 2.45) is 0 Å². The number of aromatic nitrogens is 2. The zero-order valence-electron chi connectivity index (χ0n) is 26.8. The maximum atomic E-state index is 4.39. The van der Waals surface area contributed by atoms with Crippen LogP contribution in [0.5, 0.6) is 0 Å². The molecule has 5 aromatic carbocycles. The van der Waals surface area contributed by atoms with Crippen molar-refractivity contribution in [3.05, 3.63) is 157 Å². The third-order valence-electron chi connectivity index (χ3n) is 8.98. The van der Waals surface area contributed by atoms with Crippen LogP contribution in [0.4, 0.5) is 0 Å². The molecule has 1 aliphatic carbocycles. The first-order valence-corrected chi connectivity index (χ1v) is 15.5. The van der Waals surface area contributed by atoms with Crippen molar-refractivity contribution < 1.29 is 20.1 Å². The summed E-state index contributed by atoms with van der Waals surface area (Å²) in [6, 6.07) is 45.1. The maximum absolute atomic E-state index is 4.39. The van der Waals surface area contributed by atoms with Gasteiger partial charge >= 0.3 is 20.1 Å². The Labute approximate surface area is 285 Å². The molecule has 0 fully saturated rings. The first kappa shape index (κ1) is 31.5. The molecule has 46 heavy (non-hydrogen) atoms. The minimum Gasteiger partial charge on any atom is -0.370 e. The van der Waals surface area contributed by atoms with E-state index in [1.54, 1.807) is 0 Å². The van der Waals surface area contributed by atoms with E-state index >= 15 is 0 Å². The van der Waals surface area contributed by atoms with Crippen LogP contribution in [-0.2, 0) is 30.9 Å². The van der Waals surface area contributed by atoms with Crippen LogP contribution in [0.3, 0.4) is 0 Å². The quantitative estimate of drug-likeness (QED) is 0.129. The van der Waals surface area contributed by atoms with Crippen LogP contribution < -0.4 is 0 Å². The summed E-state index contributed by atoms with van der Waals surface area (Å²) in [5, 5.41) is 5.00. The van der Waals surface area contributed by atoms with Gasteiger partial charge in [-0.1, -0.05) is 131 Å². The van der Waals surface area contributed by atoms with Gasteiger partial charge in [-0.3, -0.25) is 0 Å². The van der Waals surface area contributed by atoms with Gasteiger partial charge in [-0.15, -0.1) is 45.8 Å². The van der Waals surface area contributed by atoms with E-state index in [-0.39, 0.29) is 30.9 Å². The molecule has 2 nitrogen and oxygen atoms in total. The molecule has 2 heterocycles. The second-order valence-electron chi connectivity index (χ2n) is 13.3. The van der Waals surface area contributed by atoms with E-state index < -0.39 is 0 Å². The molecule has 0 amide bonds. The molecular formula is C43H35IrN2. The fraction of sp³-hybridized carbons (Fsp3) is 0.163. The van der Waals surface area contributed by atoms with Crippen LogP contribution >= 0.6 is 0 Å². The summed E-state index contributed by atoms with van der Waals surface area (Å²) < 4.78 is 0. The Hall–Kier alpha value is -4.43. The van der Waals surface area contributed by atoms with E-state index in [0.717, 1.165) is 22.4 Å². The van der Waals surface area contributed by atoms with E-state index in [1.807, 2.05) is 30.6 Å². The molecule has 0 radical (unpaired) electrons. The summed E-state index contributed by atoms with van der Waals surface area (Å²) >= 11 is 0. The number of hydrogen-bond acceptors (Lipinski definition) is 2. The third-order valence-corrected chi connectivity index (χ3v) is 8.98. The van der Waals surface area contributed by atoms with Crippen LogP contribution in [0.2, 0.25) is 0 Å². The number of rotatable bonds is 2. The molecule has 0 saturated heterocycles. The second-order valence-corrected chi connectivity index (χ2v) is 13.3. The second kappa shape index (κ2) is 12.4. The normalized spacial score (nSPS) is 12.9. The molecule has 2 aromatic heterocycles. The summed E-state index contributed by atoms with van der Waals surface area (Å²) in [5.41, 5.74) is 10.8. The summed E-state index contributed by atoms with van der Waals surface area (Å²) in [7, 11) is 0. The molecule has 0 atom stereocenters. The van der Waals surface area contributed by atoms with Crippen LogP contribution in [0, 0.1) is 18.3 Å². The first-order valence-electron chi connectivity index (χ1n) is 15.5. The minimum absolute atomic E-state index is 0. The Morgan fingerprint density at radius 1 is 0.630 bits per heavy atom. The number of benzene rings is 5. The van der Waals surface area contributed by atoms with Gasteiger partial charge in [0.05, 0.1) is 0 Å². The van der Waals surface area contributed by atoms with Crippen molar-refractivity contribution in [1.82, 2.24) is 9.97 Å². The van der Waals surface area contributed by atoms with Crippen LogP contribution in [0.15, 0.2) is 122 Å². The molecule has 226 valence electrons. The Morgan fingerprint density at radius 3 is 2.17 bits per heavy atom. The van der Waals surface area contributed by atoms with E-state index in [1.165, 1.54) is 49.4 Å². The van der Waals surface area contributed by atoms with Gasteiger partial charge in [0, 0.05) is 6.20 Å². The Kier molecular flexibility index (Phi) is 8.50. The number of fused-ring (bicyclic) bond motifs is 6. The smallest absolute Gasteiger partial charge is 0.370 e. The zero-order valence-corrected chi connectivity index (χ0v) is 29.2. The van der Waals surface area contributed by atoms with Crippen molar-refractivity contribution in [3.8, 4) is 33.5 Å². The third kappa shape index (κ3) is 5.82. The predicted molar refractivity (Wildman–Crippen MR) is 187 cm³/mol. The largest absolute Gasteiger partial charge is 3.00 e. The van der Waals surface area contributed by atoms with Gasteiger partial charge in [0.1, 0.15) is 0 Å². The van der Waals surface area contributed by atoms with Gasteiger partial charge in [-0.25, -0.2) is 11.1 Å². The fourth-order valence-corrected chi connectivity index (χ4v) is 6.36. The molecule has 8 rings (SSSR count). The molecular weight excluding hydrogens is 737 g/mol. The van der Waals surface area contributed by atoms with Crippen molar-refractivity contribution in [3.63, 3.8) is 0 Å². The predicted octanol–water partition coefficient (Wildman–Crippen LogP) is 10.8. The Balaban J connectivity index is 0.000000162. The van der Waals surface area contributed by atoms with Crippen LogP contribution in [0.1, 0.15) is 51.3 Å². The minimum atomic E-state index is 0. The molecule has 1 aliphatic rings. The Morgan fingerprint density at radius 2 is 1.37 bits per heavy atom. The average molecular weight is 772 g/mol.